The maximum Gasteiger partial charge on any atom is 0.227 e. The zero-order valence-electron chi connectivity index (χ0n) is 12.3. The molecule has 1 atom stereocenters. The van der Waals surface area contributed by atoms with E-state index in [9.17, 15) is 0 Å². The van der Waals surface area contributed by atoms with Gasteiger partial charge in [0, 0.05) is 18.7 Å². The molecule has 21 heavy (non-hydrogen) atoms. The van der Waals surface area contributed by atoms with Gasteiger partial charge in [0.05, 0.1) is 0 Å². The smallest absolute Gasteiger partial charge is 0.227 e. The molecule has 1 fully saturated rings. The molecule has 1 saturated heterocycles. The Labute approximate surface area is 124 Å². The number of rotatable bonds is 4. The van der Waals surface area contributed by atoms with E-state index in [0.717, 1.165) is 38.0 Å². The normalized spacial score (nSPS) is 22.3. The maximum absolute atomic E-state index is 5.84. The Morgan fingerprint density at radius 2 is 2.19 bits per heavy atom. The molecule has 0 radical (unpaired) electrons. The minimum Gasteiger partial charge on any atom is -0.399 e. The van der Waals surface area contributed by atoms with Gasteiger partial charge in [0.25, 0.3) is 0 Å². The molecule has 3 rings (SSSR count). The maximum atomic E-state index is 5.84. The molecule has 5 nitrogen and oxygen atoms in total. The van der Waals surface area contributed by atoms with Gasteiger partial charge in [-0.3, -0.25) is 0 Å². The fraction of sp³-hybridized carbons (Fsp3) is 0.500. The summed E-state index contributed by atoms with van der Waals surface area (Å²) < 4.78 is 11.2. The molecular weight excluding hydrogens is 266 g/mol. The summed E-state index contributed by atoms with van der Waals surface area (Å²) in [7, 11) is 0. The Balaban J connectivity index is 1.65. The molecule has 2 heterocycles. The molecule has 2 aromatic rings. The first-order valence-electron chi connectivity index (χ1n) is 7.47. The zero-order chi connectivity index (χ0) is 14.7. The van der Waals surface area contributed by atoms with E-state index in [1.807, 2.05) is 25.1 Å². The SMILES string of the molecule is CC1(c2noc(CCc3cccc(N)c3)n2)CCCCO1. The molecule has 1 aromatic heterocycles. The van der Waals surface area contributed by atoms with Gasteiger partial charge in [-0.05, 0) is 50.3 Å². The topological polar surface area (TPSA) is 74.2 Å². The fourth-order valence-electron chi connectivity index (χ4n) is 2.68. The van der Waals surface area contributed by atoms with Crippen molar-refractivity contribution >= 4 is 5.69 Å². The predicted molar refractivity (Wildman–Crippen MR) is 79.7 cm³/mol. The molecule has 0 saturated carbocycles. The van der Waals surface area contributed by atoms with Crippen molar-refractivity contribution in [2.75, 3.05) is 12.3 Å². The van der Waals surface area contributed by atoms with Crippen LogP contribution in [-0.4, -0.2) is 16.7 Å². The fourth-order valence-corrected chi connectivity index (χ4v) is 2.68. The lowest BCUT2D eigenvalue weighted by atomic mass is 9.95. The van der Waals surface area contributed by atoms with Crippen LogP contribution in [0, 0.1) is 0 Å². The van der Waals surface area contributed by atoms with Crippen molar-refractivity contribution in [2.24, 2.45) is 0 Å². The van der Waals surface area contributed by atoms with Crippen LogP contribution in [0.2, 0.25) is 0 Å². The van der Waals surface area contributed by atoms with Gasteiger partial charge in [-0.1, -0.05) is 17.3 Å². The summed E-state index contributed by atoms with van der Waals surface area (Å²) in [6.45, 7) is 2.81. The summed E-state index contributed by atoms with van der Waals surface area (Å²) in [6.07, 6.45) is 4.75. The number of hydrogen-bond donors (Lipinski definition) is 1. The Hall–Kier alpha value is -1.88. The van der Waals surface area contributed by atoms with E-state index < -0.39 is 5.60 Å². The number of nitrogen functional groups attached to an aromatic ring is 1. The highest BCUT2D eigenvalue weighted by atomic mass is 16.5. The van der Waals surface area contributed by atoms with Crippen molar-refractivity contribution in [1.82, 2.24) is 10.1 Å². The van der Waals surface area contributed by atoms with E-state index in [0.29, 0.717) is 18.1 Å². The standard InChI is InChI=1S/C16H21N3O2/c1-16(9-2-3-10-20-16)15-18-14(21-19-15)8-7-12-5-4-6-13(17)11-12/h4-6,11H,2-3,7-10,17H2,1H3. The lowest BCUT2D eigenvalue weighted by molar-refractivity contribution is -0.0770. The average Bonchev–Trinajstić information content (AvgIpc) is 2.96. The van der Waals surface area contributed by atoms with Crippen LogP contribution in [0.1, 0.15) is 43.5 Å². The molecule has 0 amide bonds. The highest BCUT2D eigenvalue weighted by Gasteiger charge is 2.34. The van der Waals surface area contributed by atoms with E-state index in [-0.39, 0.29) is 0 Å². The monoisotopic (exact) mass is 287 g/mol. The number of ether oxygens (including phenoxy) is 1. The lowest BCUT2D eigenvalue weighted by Gasteiger charge is -2.30. The molecule has 1 aliphatic heterocycles. The molecule has 1 unspecified atom stereocenters. The number of anilines is 1. The van der Waals surface area contributed by atoms with E-state index in [1.54, 1.807) is 0 Å². The van der Waals surface area contributed by atoms with E-state index in [2.05, 4.69) is 16.2 Å². The van der Waals surface area contributed by atoms with Crippen molar-refractivity contribution in [3.8, 4) is 0 Å². The quantitative estimate of drug-likeness (QED) is 0.875. The minimum atomic E-state index is -0.392. The average molecular weight is 287 g/mol. The first kappa shape index (κ1) is 14.1. The van der Waals surface area contributed by atoms with Crippen molar-refractivity contribution in [3.05, 3.63) is 41.5 Å². The third-order valence-corrected chi connectivity index (χ3v) is 3.99. The third kappa shape index (κ3) is 3.24. The first-order chi connectivity index (χ1) is 10.2. The van der Waals surface area contributed by atoms with E-state index in [4.69, 9.17) is 15.0 Å². The Bertz CT molecular complexity index is 603. The highest BCUT2D eigenvalue weighted by Crippen LogP contribution is 2.32. The third-order valence-electron chi connectivity index (χ3n) is 3.99. The predicted octanol–water partition coefficient (Wildman–Crippen LogP) is 2.85. The van der Waals surface area contributed by atoms with Crippen LogP contribution in [0.3, 0.4) is 0 Å². The molecule has 0 bridgehead atoms. The van der Waals surface area contributed by atoms with Crippen LogP contribution in [0.15, 0.2) is 28.8 Å². The van der Waals surface area contributed by atoms with Gasteiger partial charge in [0.2, 0.25) is 11.7 Å². The van der Waals surface area contributed by atoms with Gasteiger partial charge < -0.3 is 15.0 Å². The van der Waals surface area contributed by atoms with E-state index >= 15 is 0 Å². The second-order valence-electron chi connectivity index (χ2n) is 5.79. The minimum absolute atomic E-state index is 0.392. The number of nitrogens with zero attached hydrogens (tertiary/aromatic N) is 2. The second kappa shape index (κ2) is 5.85. The molecule has 2 N–H and O–H groups in total. The summed E-state index contributed by atoms with van der Waals surface area (Å²) in [5.41, 5.74) is 7.34. The van der Waals surface area contributed by atoms with Crippen LogP contribution in [-0.2, 0) is 23.2 Å². The first-order valence-corrected chi connectivity index (χ1v) is 7.47. The molecular formula is C16H21N3O2. The highest BCUT2D eigenvalue weighted by molar-refractivity contribution is 5.40. The van der Waals surface area contributed by atoms with Crippen molar-refractivity contribution in [2.45, 2.75) is 44.6 Å². The van der Waals surface area contributed by atoms with E-state index in [1.165, 1.54) is 5.56 Å². The van der Waals surface area contributed by atoms with Crippen molar-refractivity contribution in [1.29, 1.82) is 0 Å². The number of hydrogen-bond acceptors (Lipinski definition) is 5. The number of nitrogens with two attached hydrogens (primary N) is 1. The summed E-state index contributed by atoms with van der Waals surface area (Å²) >= 11 is 0. The van der Waals surface area contributed by atoms with Crippen molar-refractivity contribution < 1.29 is 9.26 Å². The molecule has 0 aliphatic carbocycles. The molecule has 1 aromatic carbocycles. The van der Waals surface area contributed by atoms with Crippen LogP contribution in [0.5, 0.6) is 0 Å². The van der Waals surface area contributed by atoms with Gasteiger partial charge in [0.1, 0.15) is 5.60 Å². The van der Waals surface area contributed by atoms with Crippen molar-refractivity contribution in [3.63, 3.8) is 0 Å². The largest absolute Gasteiger partial charge is 0.399 e. The Morgan fingerprint density at radius 3 is 2.95 bits per heavy atom. The summed E-state index contributed by atoms with van der Waals surface area (Å²) in [4.78, 5) is 4.51. The molecule has 112 valence electrons. The van der Waals surface area contributed by atoms with Gasteiger partial charge in [0.15, 0.2) is 0 Å². The van der Waals surface area contributed by atoms with Gasteiger partial charge in [-0.25, -0.2) is 0 Å². The Kier molecular flexibility index (Phi) is 3.92. The summed E-state index contributed by atoms with van der Waals surface area (Å²) in [6, 6.07) is 7.87. The lowest BCUT2D eigenvalue weighted by Crippen LogP contribution is -2.31. The number of aromatic nitrogens is 2. The molecule has 1 aliphatic rings. The summed E-state index contributed by atoms with van der Waals surface area (Å²) in [5.74, 6) is 1.33. The number of benzene rings is 1. The zero-order valence-corrected chi connectivity index (χ0v) is 12.3. The van der Waals surface area contributed by atoms with Crippen LogP contribution in [0.25, 0.3) is 0 Å². The molecule has 0 spiro atoms. The second-order valence-corrected chi connectivity index (χ2v) is 5.79. The van der Waals surface area contributed by atoms with Gasteiger partial charge in [-0.15, -0.1) is 0 Å². The molecule has 5 heteroatoms. The van der Waals surface area contributed by atoms with Crippen LogP contribution >= 0.6 is 0 Å². The van der Waals surface area contributed by atoms with Crippen LogP contribution < -0.4 is 5.73 Å². The summed E-state index contributed by atoms with van der Waals surface area (Å²) in [5, 5.41) is 4.11. The van der Waals surface area contributed by atoms with Crippen LogP contribution in [0.4, 0.5) is 5.69 Å². The van der Waals surface area contributed by atoms with Gasteiger partial charge >= 0.3 is 0 Å². The Morgan fingerprint density at radius 1 is 1.29 bits per heavy atom. The number of aryl methyl sites for hydroxylation is 2. The van der Waals surface area contributed by atoms with Gasteiger partial charge in [-0.2, -0.15) is 4.98 Å².